The summed E-state index contributed by atoms with van der Waals surface area (Å²) in [6.45, 7) is 6.80. The average Bonchev–Trinajstić information content (AvgIpc) is 2.32. The molecule has 0 aliphatic rings. The first-order valence-corrected chi connectivity index (χ1v) is 7.17. The van der Waals surface area contributed by atoms with Crippen molar-refractivity contribution in [3.05, 3.63) is 33.8 Å². The number of nitrogens with one attached hydrogen (secondary N) is 2. The van der Waals surface area contributed by atoms with Gasteiger partial charge in [0, 0.05) is 12.5 Å². The Hall–Kier alpha value is -0.770. The van der Waals surface area contributed by atoms with Crippen LogP contribution in [0.3, 0.4) is 0 Å². The van der Waals surface area contributed by atoms with Gasteiger partial charge in [-0.15, -0.1) is 0 Å². The number of carbonyl (C=O) groups is 1. The zero-order valence-corrected chi connectivity index (χ0v) is 13.0. The first-order valence-electron chi connectivity index (χ1n) is 6.41. The van der Waals surface area contributed by atoms with Crippen molar-refractivity contribution >= 4 is 29.1 Å². The van der Waals surface area contributed by atoms with Gasteiger partial charge < -0.3 is 10.6 Å². The number of amides is 1. The molecule has 0 aromatic heterocycles. The van der Waals surface area contributed by atoms with Gasteiger partial charge in [0.25, 0.3) is 0 Å². The van der Waals surface area contributed by atoms with Crippen LogP contribution in [0.1, 0.15) is 38.8 Å². The van der Waals surface area contributed by atoms with Crippen LogP contribution in [0.4, 0.5) is 0 Å². The van der Waals surface area contributed by atoms with Crippen molar-refractivity contribution in [2.75, 3.05) is 6.54 Å². The second kappa shape index (κ2) is 7.73. The smallest absolute Gasteiger partial charge is 0.222 e. The Labute approximate surface area is 124 Å². The fourth-order valence-electron chi connectivity index (χ4n) is 1.86. The molecule has 19 heavy (non-hydrogen) atoms. The molecule has 0 fully saturated rings. The molecule has 2 unspecified atom stereocenters. The maximum absolute atomic E-state index is 11.9. The lowest BCUT2D eigenvalue weighted by Crippen LogP contribution is -2.34. The lowest BCUT2D eigenvalue weighted by Gasteiger charge is -2.17. The second-order valence-corrected chi connectivity index (χ2v) is 5.44. The van der Waals surface area contributed by atoms with Gasteiger partial charge in [-0.05, 0) is 38.1 Å². The molecule has 0 aliphatic heterocycles. The maximum atomic E-state index is 11.9. The summed E-state index contributed by atoms with van der Waals surface area (Å²) in [5.41, 5.74) is 0.943. The van der Waals surface area contributed by atoms with Crippen molar-refractivity contribution < 1.29 is 4.79 Å². The summed E-state index contributed by atoms with van der Waals surface area (Å²) >= 11 is 11.8. The fraction of sp³-hybridized carbons (Fsp3) is 0.500. The quantitative estimate of drug-likeness (QED) is 0.843. The van der Waals surface area contributed by atoms with E-state index in [0.29, 0.717) is 16.5 Å². The van der Waals surface area contributed by atoms with Crippen LogP contribution in [0.5, 0.6) is 0 Å². The van der Waals surface area contributed by atoms with E-state index in [1.165, 1.54) is 0 Å². The number of halogens is 2. The highest BCUT2D eigenvalue weighted by Gasteiger charge is 2.13. The first-order chi connectivity index (χ1) is 8.93. The van der Waals surface area contributed by atoms with Gasteiger partial charge in [0.05, 0.1) is 16.1 Å². The first kappa shape index (κ1) is 16.3. The molecule has 0 heterocycles. The van der Waals surface area contributed by atoms with E-state index < -0.39 is 0 Å². The Morgan fingerprint density at radius 3 is 2.53 bits per heavy atom. The van der Waals surface area contributed by atoms with E-state index >= 15 is 0 Å². The van der Waals surface area contributed by atoms with Crippen molar-refractivity contribution in [3.8, 4) is 0 Å². The molecular weight excluding hydrogens is 283 g/mol. The Kier molecular flexibility index (Phi) is 6.63. The van der Waals surface area contributed by atoms with Crippen molar-refractivity contribution in [1.82, 2.24) is 10.6 Å². The highest BCUT2D eigenvalue weighted by molar-refractivity contribution is 6.42. The molecule has 2 N–H and O–H groups in total. The van der Waals surface area contributed by atoms with Crippen LogP contribution in [0.15, 0.2) is 18.2 Å². The van der Waals surface area contributed by atoms with Gasteiger partial charge in [0.15, 0.2) is 0 Å². The minimum absolute atomic E-state index is 0.0204. The van der Waals surface area contributed by atoms with Gasteiger partial charge >= 0.3 is 0 Å². The normalized spacial score (nSPS) is 13.9. The Morgan fingerprint density at radius 2 is 1.95 bits per heavy atom. The Bertz CT molecular complexity index is 437. The van der Waals surface area contributed by atoms with E-state index in [9.17, 15) is 4.79 Å². The largest absolute Gasteiger partial charge is 0.350 e. The number of benzene rings is 1. The van der Waals surface area contributed by atoms with Gasteiger partial charge in [-0.2, -0.15) is 0 Å². The SMILES string of the molecule is CCNC(C)CC(=O)NC(C)c1ccc(Cl)c(Cl)c1. The molecule has 1 aromatic carbocycles. The van der Waals surface area contributed by atoms with Gasteiger partial charge in [-0.3, -0.25) is 4.79 Å². The summed E-state index contributed by atoms with van der Waals surface area (Å²) in [4.78, 5) is 11.9. The van der Waals surface area contributed by atoms with Crippen molar-refractivity contribution in [2.45, 2.75) is 39.3 Å². The minimum Gasteiger partial charge on any atom is -0.350 e. The average molecular weight is 303 g/mol. The third-order valence-electron chi connectivity index (χ3n) is 2.87. The Balaban J connectivity index is 2.56. The molecule has 1 aromatic rings. The summed E-state index contributed by atoms with van der Waals surface area (Å²) in [5, 5.41) is 7.18. The molecule has 0 aliphatic carbocycles. The van der Waals surface area contributed by atoms with Crippen LogP contribution in [-0.4, -0.2) is 18.5 Å². The number of rotatable bonds is 6. The molecule has 0 bridgehead atoms. The Morgan fingerprint density at radius 1 is 1.26 bits per heavy atom. The van der Waals surface area contributed by atoms with Gasteiger partial charge in [0.1, 0.15) is 0 Å². The third kappa shape index (κ3) is 5.39. The number of carbonyl (C=O) groups excluding carboxylic acids is 1. The monoisotopic (exact) mass is 302 g/mol. The standard InChI is InChI=1S/C14H20Cl2N2O/c1-4-17-9(2)7-14(19)18-10(3)11-5-6-12(15)13(16)8-11/h5-6,8-10,17H,4,7H2,1-3H3,(H,18,19). The summed E-state index contributed by atoms with van der Waals surface area (Å²) < 4.78 is 0. The van der Waals surface area contributed by atoms with Crippen LogP contribution in [0.25, 0.3) is 0 Å². The lowest BCUT2D eigenvalue weighted by molar-refractivity contribution is -0.122. The van der Waals surface area contributed by atoms with Crippen LogP contribution in [-0.2, 0) is 4.79 Å². The van der Waals surface area contributed by atoms with Crippen LogP contribution < -0.4 is 10.6 Å². The molecule has 0 saturated carbocycles. The van der Waals surface area contributed by atoms with E-state index in [0.717, 1.165) is 12.1 Å². The molecule has 5 heteroatoms. The van der Waals surface area contributed by atoms with Gasteiger partial charge in [-0.25, -0.2) is 0 Å². The number of hydrogen-bond acceptors (Lipinski definition) is 2. The van der Waals surface area contributed by atoms with E-state index in [-0.39, 0.29) is 18.0 Å². The molecular formula is C14H20Cl2N2O. The highest BCUT2D eigenvalue weighted by Crippen LogP contribution is 2.25. The van der Waals surface area contributed by atoms with E-state index in [1.54, 1.807) is 12.1 Å². The number of hydrogen-bond donors (Lipinski definition) is 2. The van der Waals surface area contributed by atoms with Crippen molar-refractivity contribution in [2.24, 2.45) is 0 Å². The van der Waals surface area contributed by atoms with Crippen molar-refractivity contribution in [1.29, 1.82) is 0 Å². The minimum atomic E-state index is -0.0870. The zero-order valence-electron chi connectivity index (χ0n) is 11.5. The molecule has 1 rings (SSSR count). The lowest BCUT2D eigenvalue weighted by atomic mass is 10.1. The summed E-state index contributed by atoms with van der Waals surface area (Å²) in [6.07, 6.45) is 0.458. The van der Waals surface area contributed by atoms with E-state index in [1.807, 2.05) is 26.8 Å². The highest BCUT2D eigenvalue weighted by atomic mass is 35.5. The topological polar surface area (TPSA) is 41.1 Å². The van der Waals surface area contributed by atoms with E-state index in [2.05, 4.69) is 10.6 Å². The fourth-order valence-corrected chi connectivity index (χ4v) is 2.17. The molecule has 2 atom stereocenters. The van der Waals surface area contributed by atoms with Crippen LogP contribution in [0, 0.1) is 0 Å². The van der Waals surface area contributed by atoms with Crippen LogP contribution in [0.2, 0.25) is 10.0 Å². The predicted octanol–water partition coefficient (Wildman–Crippen LogP) is 3.56. The maximum Gasteiger partial charge on any atom is 0.222 e. The predicted molar refractivity (Wildman–Crippen MR) is 80.8 cm³/mol. The van der Waals surface area contributed by atoms with Gasteiger partial charge in [-0.1, -0.05) is 36.2 Å². The van der Waals surface area contributed by atoms with Crippen molar-refractivity contribution in [3.63, 3.8) is 0 Å². The third-order valence-corrected chi connectivity index (χ3v) is 3.60. The molecule has 3 nitrogen and oxygen atoms in total. The summed E-state index contributed by atoms with van der Waals surface area (Å²) in [7, 11) is 0. The molecule has 0 saturated heterocycles. The summed E-state index contributed by atoms with van der Waals surface area (Å²) in [6, 6.07) is 5.47. The van der Waals surface area contributed by atoms with E-state index in [4.69, 9.17) is 23.2 Å². The zero-order chi connectivity index (χ0) is 14.4. The summed E-state index contributed by atoms with van der Waals surface area (Å²) in [5.74, 6) is 0.0204. The second-order valence-electron chi connectivity index (χ2n) is 4.63. The molecule has 0 radical (unpaired) electrons. The molecule has 1 amide bonds. The van der Waals surface area contributed by atoms with Crippen LogP contribution >= 0.6 is 23.2 Å². The van der Waals surface area contributed by atoms with Gasteiger partial charge in [0.2, 0.25) is 5.91 Å². The molecule has 0 spiro atoms. The molecule has 106 valence electrons.